The summed E-state index contributed by atoms with van der Waals surface area (Å²) in [4.78, 5) is 21.4. The summed E-state index contributed by atoms with van der Waals surface area (Å²) < 4.78 is 29.7. The first-order valence-electron chi connectivity index (χ1n) is 10.3. The number of piperidine rings is 1. The molecule has 11 heteroatoms. The number of rotatable bonds is 8. The van der Waals surface area contributed by atoms with E-state index in [1.54, 1.807) is 0 Å². The lowest BCUT2D eigenvalue weighted by Gasteiger charge is -2.32. The summed E-state index contributed by atoms with van der Waals surface area (Å²) >= 11 is 0. The van der Waals surface area contributed by atoms with Gasteiger partial charge in [0, 0.05) is 13.1 Å². The number of hydrogen-bond acceptors (Lipinski definition) is 9. The minimum atomic E-state index is -3.44. The first-order chi connectivity index (χ1) is 14.8. The highest BCUT2D eigenvalue weighted by Crippen LogP contribution is 2.39. The number of nitrogen functional groups attached to an aromatic ring is 1. The standard InChI is InChI=1S/C20H27N5O5S/c1-3-5-14-8-10-24(11-9-14)19-18(25(26)27)20(23-13-22-19)30-17-7-6-15(12-16(17)21)31(28,29)4-2/h6-7,12-14H,3-5,8-11,21H2,1-2H3. The van der Waals surface area contributed by atoms with Gasteiger partial charge in [0.1, 0.15) is 6.33 Å². The lowest BCUT2D eigenvalue weighted by atomic mass is 9.92. The van der Waals surface area contributed by atoms with Crippen LogP contribution in [0.4, 0.5) is 17.2 Å². The summed E-state index contributed by atoms with van der Waals surface area (Å²) in [7, 11) is -3.44. The molecular formula is C20H27N5O5S. The molecule has 0 radical (unpaired) electrons. The van der Waals surface area contributed by atoms with Crippen LogP contribution in [0, 0.1) is 16.0 Å². The Kier molecular flexibility index (Phi) is 6.94. The lowest BCUT2D eigenvalue weighted by molar-refractivity contribution is -0.385. The van der Waals surface area contributed by atoms with Gasteiger partial charge in [-0.3, -0.25) is 10.1 Å². The zero-order valence-corrected chi connectivity index (χ0v) is 18.5. The summed E-state index contributed by atoms with van der Waals surface area (Å²) in [5.74, 6) is 0.625. The van der Waals surface area contributed by atoms with Crippen LogP contribution < -0.4 is 15.4 Å². The van der Waals surface area contributed by atoms with E-state index in [0.29, 0.717) is 19.0 Å². The van der Waals surface area contributed by atoms with Gasteiger partial charge in [0.2, 0.25) is 5.82 Å². The number of benzene rings is 1. The largest absolute Gasteiger partial charge is 0.431 e. The molecule has 2 aromatic rings. The molecule has 0 amide bonds. The third-order valence-corrected chi connectivity index (χ3v) is 7.22. The maximum atomic E-state index is 12.0. The average molecular weight is 450 g/mol. The molecule has 0 unspecified atom stereocenters. The Balaban J connectivity index is 1.89. The molecular weight excluding hydrogens is 422 g/mol. The summed E-state index contributed by atoms with van der Waals surface area (Å²) in [5.41, 5.74) is 5.67. The number of hydrogen-bond donors (Lipinski definition) is 1. The minimum absolute atomic E-state index is 0.0457. The Morgan fingerprint density at radius 3 is 2.55 bits per heavy atom. The van der Waals surface area contributed by atoms with E-state index in [1.165, 1.54) is 31.5 Å². The van der Waals surface area contributed by atoms with Crippen molar-refractivity contribution in [3.8, 4) is 11.6 Å². The number of anilines is 2. The van der Waals surface area contributed by atoms with E-state index in [2.05, 4.69) is 16.9 Å². The Bertz CT molecular complexity index is 1050. The van der Waals surface area contributed by atoms with Crippen molar-refractivity contribution < 1.29 is 18.1 Å². The normalized spacial score (nSPS) is 15.1. The van der Waals surface area contributed by atoms with E-state index in [1.807, 2.05) is 4.90 Å². The van der Waals surface area contributed by atoms with Crippen LogP contribution in [0.5, 0.6) is 11.6 Å². The predicted molar refractivity (Wildman–Crippen MR) is 117 cm³/mol. The third kappa shape index (κ3) is 5.04. The van der Waals surface area contributed by atoms with Crippen molar-refractivity contribution in [3.63, 3.8) is 0 Å². The molecule has 2 heterocycles. The van der Waals surface area contributed by atoms with Crippen molar-refractivity contribution in [3.05, 3.63) is 34.6 Å². The molecule has 1 aromatic heterocycles. The average Bonchev–Trinajstić information content (AvgIpc) is 2.75. The van der Waals surface area contributed by atoms with Gasteiger partial charge in [-0.1, -0.05) is 26.7 Å². The molecule has 1 saturated heterocycles. The molecule has 10 nitrogen and oxygen atoms in total. The Labute approximate surface area is 181 Å². The van der Waals surface area contributed by atoms with Crippen LogP contribution in [0.15, 0.2) is 29.4 Å². The van der Waals surface area contributed by atoms with E-state index in [4.69, 9.17) is 10.5 Å². The van der Waals surface area contributed by atoms with Gasteiger partial charge < -0.3 is 15.4 Å². The van der Waals surface area contributed by atoms with E-state index in [0.717, 1.165) is 25.7 Å². The third-order valence-electron chi connectivity index (χ3n) is 5.49. The SMILES string of the molecule is CCCC1CCN(c2ncnc(Oc3ccc(S(=O)(=O)CC)cc3N)c2[N+](=O)[O-])CC1. The van der Waals surface area contributed by atoms with E-state index in [-0.39, 0.29) is 39.5 Å². The fourth-order valence-corrected chi connectivity index (χ4v) is 4.66. The van der Waals surface area contributed by atoms with E-state index >= 15 is 0 Å². The monoisotopic (exact) mass is 449 g/mol. The number of ether oxygens (including phenoxy) is 1. The highest BCUT2D eigenvalue weighted by atomic mass is 32.2. The van der Waals surface area contributed by atoms with Crippen molar-refractivity contribution in [2.24, 2.45) is 5.92 Å². The molecule has 0 spiro atoms. The van der Waals surface area contributed by atoms with Gasteiger partial charge in [-0.25, -0.2) is 13.4 Å². The molecule has 31 heavy (non-hydrogen) atoms. The number of nitrogens with two attached hydrogens (primary N) is 1. The molecule has 1 aliphatic rings. The molecule has 2 N–H and O–H groups in total. The second-order valence-electron chi connectivity index (χ2n) is 7.53. The Morgan fingerprint density at radius 1 is 1.26 bits per heavy atom. The summed E-state index contributed by atoms with van der Waals surface area (Å²) in [6.07, 6.45) is 5.39. The highest BCUT2D eigenvalue weighted by Gasteiger charge is 2.31. The smallest absolute Gasteiger partial charge is 0.373 e. The van der Waals surface area contributed by atoms with E-state index in [9.17, 15) is 18.5 Å². The predicted octanol–water partition coefficient (Wildman–Crippen LogP) is 3.57. The molecule has 0 saturated carbocycles. The molecule has 1 fully saturated rings. The highest BCUT2D eigenvalue weighted by molar-refractivity contribution is 7.91. The van der Waals surface area contributed by atoms with Crippen molar-refractivity contribution in [1.82, 2.24) is 9.97 Å². The van der Waals surface area contributed by atoms with Gasteiger partial charge in [0.15, 0.2) is 15.6 Å². The zero-order chi connectivity index (χ0) is 22.6. The number of nitro groups is 1. The van der Waals surface area contributed by atoms with Crippen LogP contribution in [0.3, 0.4) is 0 Å². The number of aromatic nitrogens is 2. The van der Waals surface area contributed by atoms with Crippen molar-refractivity contribution in [2.45, 2.75) is 44.4 Å². The minimum Gasteiger partial charge on any atom is -0.431 e. The van der Waals surface area contributed by atoms with Crippen molar-refractivity contribution >= 4 is 27.0 Å². The molecule has 1 aliphatic heterocycles. The van der Waals surface area contributed by atoms with Gasteiger partial charge in [-0.15, -0.1) is 0 Å². The van der Waals surface area contributed by atoms with Crippen molar-refractivity contribution in [2.75, 3.05) is 29.5 Å². The summed E-state index contributed by atoms with van der Waals surface area (Å²) in [6, 6.07) is 4.01. The fourth-order valence-electron chi connectivity index (χ4n) is 3.75. The van der Waals surface area contributed by atoms with Crippen molar-refractivity contribution in [1.29, 1.82) is 0 Å². The van der Waals surface area contributed by atoms with Crippen LogP contribution >= 0.6 is 0 Å². The second-order valence-corrected chi connectivity index (χ2v) is 9.81. The molecule has 1 aromatic carbocycles. The number of nitrogens with zero attached hydrogens (tertiary/aromatic N) is 4. The van der Waals surface area contributed by atoms with E-state index < -0.39 is 14.8 Å². The molecule has 0 atom stereocenters. The van der Waals surface area contributed by atoms with Gasteiger partial charge >= 0.3 is 11.6 Å². The van der Waals surface area contributed by atoms with Crippen LogP contribution in [-0.4, -0.2) is 42.2 Å². The van der Waals surface area contributed by atoms with Crippen LogP contribution in [0.2, 0.25) is 0 Å². The van der Waals surface area contributed by atoms with Gasteiger partial charge in [0.05, 0.1) is 21.3 Å². The summed E-state index contributed by atoms with van der Waals surface area (Å²) in [6.45, 7) is 5.04. The molecule has 3 rings (SSSR count). The maximum Gasteiger partial charge on any atom is 0.373 e. The Hall–Kier alpha value is -2.95. The lowest BCUT2D eigenvalue weighted by Crippen LogP contribution is -2.34. The molecule has 0 aliphatic carbocycles. The topological polar surface area (TPSA) is 142 Å². The molecule has 0 bridgehead atoms. The Morgan fingerprint density at radius 2 is 1.97 bits per heavy atom. The van der Waals surface area contributed by atoms with Crippen LogP contribution in [-0.2, 0) is 9.84 Å². The maximum absolute atomic E-state index is 12.0. The second kappa shape index (κ2) is 9.46. The van der Waals surface area contributed by atoms with Gasteiger partial charge in [-0.05, 0) is 37.0 Å². The van der Waals surface area contributed by atoms with Gasteiger partial charge in [0.25, 0.3) is 0 Å². The first-order valence-corrected chi connectivity index (χ1v) is 12.0. The quantitative estimate of drug-likeness (QED) is 0.363. The fraction of sp³-hybridized carbons (Fsp3) is 0.500. The summed E-state index contributed by atoms with van der Waals surface area (Å²) in [5, 5.41) is 11.9. The first kappa shape index (κ1) is 22.7. The zero-order valence-electron chi connectivity index (χ0n) is 17.7. The molecule has 168 valence electrons. The van der Waals surface area contributed by atoms with Crippen LogP contribution in [0.25, 0.3) is 0 Å². The van der Waals surface area contributed by atoms with Crippen LogP contribution in [0.1, 0.15) is 39.5 Å². The number of sulfone groups is 1. The van der Waals surface area contributed by atoms with Gasteiger partial charge in [-0.2, -0.15) is 4.98 Å².